The van der Waals surface area contributed by atoms with Crippen molar-refractivity contribution >= 4 is 23.0 Å². The molecule has 0 fully saturated rings. The van der Waals surface area contributed by atoms with Crippen LogP contribution < -0.4 is 10.6 Å². The number of hydrogen-bond acceptors (Lipinski definition) is 1. The van der Waals surface area contributed by atoms with Gasteiger partial charge in [0.1, 0.15) is 0 Å². The predicted molar refractivity (Wildman–Crippen MR) is 104 cm³/mol. The highest BCUT2D eigenvalue weighted by Crippen LogP contribution is 2.16. The van der Waals surface area contributed by atoms with Gasteiger partial charge in [0.05, 0.1) is 6.04 Å². The van der Waals surface area contributed by atoms with Crippen LogP contribution in [0.2, 0.25) is 0 Å². The van der Waals surface area contributed by atoms with Gasteiger partial charge in [-0.15, -0.1) is 0 Å². The second kappa shape index (κ2) is 8.11. The molecule has 0 radical (unpaired) electrons. The van der Waals surface area contributed by atoms with Crippen molar-refractivity contribution in [1.29, 1.82) is 0 Å². The van der Waals surface area contributed by atoms with Gasteiger partial charge >= 0.3 is 0 Å². The van der Waals surface area contributed by atoms with Crippen LogP contribution in [0.5, 0.6) is 0 Å². The summed E-state index contributed by atoms with van der Waals surface area (Å²) in [6.07, 6.45) is 1.12. The lowest BCUT2D eigenvalue weighted by Crippen LogP contribution is -2.30. The summed E-state index contributed by atoms with van der Waals surface area (Å²) >= 11 is 5.42. The molecule has 0 unspecified atom stereocenters. The van der Waals surface area contributed by atoms with Crippen LogP contribution in [0.3, 0.4) is 0 Å². The van der Waals surface area contributed by atoms with E-state index < -0.39 is 0 Å². The SMILES string of the molecule is Cc1cccc(NC(=S)N[C@@H](C)c2ccc(CC(C)C)cc2)c1. The molecule has 2 aromatic carbocycles. The molecule has 0 saturated carbocycles. The fraction of sp³-hybridized carbons (Fsp3) is 0.350. The normalized spacial score (nSPS) is 12.0. The Kier molecular flexibility index (Phi) is 6.17. The average molecular weight is 327 g/mol. The van der Waals surface area contributed by atoms with Gasteiger partial charge in [-0.3, -0.25) is 0 Å². The number of benzene rings is 2. The highest BCUT2D eigenvalue weighted by Gasteiger charge is 2.08. The Labute approximate surface area is 145 Å². The van der Waals surface area contributed by atoms with Crippen LogP contribution in [0.4, 0.5) is 5.69 Å². The lowest BCUT2D eigenvalue weighted by molar-refractivity contribution is 0.646. The first-order valence-electron chi connectivity index (χ1n) is 8.17. The van der Waals surface area contributed by atoms with E-state index in [2.05, 4.69) is 74.7 Å². The maximum atomic E-state index is 5.42. The van der Waals surface area contributed by atoms with Gasteiger partial charge < -0.3 is 10.6 Å². The molecule has 0 saturated heterocycles. The van der Waals surface area contributed by atoms with Gasteiger partial charge in [0.15, 0.2) is 5.11 Å². The van der Waals surface area contributed by atoms with E-state index in [0.29, 0.717) is 11.0 Å². The smallest absolute Gasteiger partial charge is 0.171 e. The summed E-state index contributed by atoms with van der Waals surface area (Å²) in [6.45, 7) is 8.69. The Morgan fingerprint density at radius 2 is 1.74 bits per heavy atom. The van der Waals surface area contributed by atoms with Crippen LogP contribution in [-0.2, 0) is 6.42 Å². The Balaban J connectivity index is 1.92. The predicted octanol–water partition coefficient (Wildman–Crippen LogP) is 5.24. The van der Waals surface area contributed by atoms with Crippen LogP contribution >= 0.6 is 12.2 Å². The number of hydrogen-bond donors (Lipinski definition) is 2. The lowest BCUT2D eigenvalue weighted by Gasteiger charge is -2.18. The minimum Gasteiger partial charge on any atom is -0.356 e. The maximum Gasteiger partial charge on any atom is 0.171 e. The largest absolute Gasteiger partial charge is 0.356 e. The Hall–Kier alpha value is -1.87. The van der Waals surface area contributed by atoms with Crippen LogP contribution in [0.25, 0.3) is 0 Å². The van der Waals surface area contributed by atoms with Gasteiger partial charge in [0, 0.05) is 5.69 Å². The van der Waals surface area contributed by atoms with Crippen LogP contribution in [0.1, 0.15) is 43.5 Å². The summed E-state index contributed by atoms with van der Waals surface area (Å²) in [5, 5.41) is 7.23. The summed E-state index contributed by atoms with van der Waals surface area (Å²) in [7, 11) is 0. The van der Waals surface area contributed by atoms with Crippen LogP contribution in [-0.4, -0.2) is 5.11 Å². The first-order valence-corrected chi connectivity index (χ1v) is 8.58. The van der Waals surface area contributed by atoms with E-state index in [-0.39, 0.29) is 6.04 Å². The molecule has 3 heteroatoms. The van der Waals surface area contributed by atoms with E-state index in [1.165, 1.54) is 16.7 Å². The van der Waals surface area contributed by atoms with E-state index >= 15 is 0 Å². The summed E-state index contributed by atoms with van der Waals surface area (Å²) in [6, 6.07) is 17.2. The fourth-order valence-corrected chi connectivity index (χ4v) is 2.88. The first kappa shape index (κ1) is 17.5. The van der Waals surface area contributed by atoms with E-state index in [0.717, 1.165) is 12.1 Å². The zero-order valence-electron chi connectivity index (χ0n) is 14.4. The molecule has 2 rings (SSSR count). The van der Waals surface area contributed by atoms with Crippen molar-refractivity contribution in [1.82, 2.24) is 5.32 Å². The Bertz CT molecular complexity index is 647. The van der Waals surface area contributed by atoms with Crippen molar-refractivity contribution in [3.8, 4) is 0 Å². The molecule has 2 N–H and O–H groups in total. The molecule has 23 heavy (non-hydrogen) atoms. The van der Waals surface area contributed by atoms with Crippen molar-refractivity contribution in [2.45, 2.75) is 40.2 Å². The molecule has 0 spiro atoms. The molecule has 0 amide bonds. The third-order valence-corrected chi connectivity index (χ3v) is 3.97. The Morgan fingerprint density at radius 1 is 1.04 bits per heavy atom. The minimum atomic E-state index is 0.174. The number of thiocarbonyl (C=S) groups is 1. The van der Waals surface area contributed by atoms with Crippen molar-refractivity contribution in [3.05, 3.63) is 65.2 Å². The van der Waals surface area contributed by atoms with Crippen molar-refractivity contribution in [2.75, 3.05) is 5.32 Å². The maximum absolute atomic E-state index is 5.42. The third kappa shape index (κ3) is 5.68. The number of anilines is 1. The van der Waals surface area contributed by atoms with E-state index in [1.54, 1.807) is 0 Å². The molecule has 0 aliphatic rings. The van der Waals surface area contributed by atoms with Crippen molar-refractivity contribution < 1.29 is 0 Å². The van der Waals surface area contributed by atoms with Gasteiger partial charge in [-0.05, 0) is 67.2 Å². The fourth-order valence-electron chi connectivity index (χ4n) is 2.58. The third-order valence-electron chi connectivity index (χ3n) is 3.75. The molecule has 122 valence electrons. The molecule has 0 aromatic heterocycles. The van der Waals surface area contributed by atoms with Crippen LogP contribution in [0, 0.1) is 12.8 Å². The summed E-state index contributed by atoms with van der Waals surface area (Å²) in [5.74, 6) is 0.683. The molecular weight excluding hydrogens is 300 g/mol. The molecule has 1 atom stereocenters. The van der Waals surface area contributed by atoms with Gasteiger partial charge in [0.2, 0.25) is 0 Å². The van der Waals surface area contributed by atoms with Gasteiger partial charge in [-0.2, -0.15) is 0 Å². The van der Waals surface area contributed by atoms with Gasteiger partial charge in [-0.1, -0.05) is 50.2 Å². The molecule has 0 bridgehead atoms. The summed E-state index contributed by atoms with van der Waals surface area (Å²) in [4.78, 5) is 0. The number of aryl methyl sites for hydroxylation is 1. The lowest BCUT2D eigenvalue weighted by atomic mass is 10.00. The highest BCUT2D eigenvalue weighted by atomic mass is 32.1. The second-order valence-electron chi connectivity index (χ2n) is 6.53. The molecule has 2 nitrogen and oxygen atoms in total. The molecular formula is C20H26N2S. The zero-order chi connectivity index (χ0) is 16.8. The topological polar surface area (TPSA) is 24.1 Å². The van der Waals surface area contributed by atoms with Crippen LogP contribution in [0.15, 0.2) is 48.5 Å². The molecule has 0 aliphatic heterocycles. The first-order chi connectivity index (χ1) is 10.9. The van der Waals surface area contributed by atoms with E-state index in [9.17, 15) is 0 Å². The van der Waals surface area contributed by atoms with E-state index in [1.807, 2.05) is 12.1 Å². The standard InChI is InChI=1S/C20H26N2S/c1-14(2)12-17-8-10-18(11-9-17)16(4)21-20(23)22-19-7-5-6-15(3)13-19/h5-11,13-14,16H,12H2,1-4H3,(H2,21,22,23)/t16-/m0/s1. The quantitative estimate of drug-likeness (QED) is 0.735. The average Bonchev–Trinajstić information content (AvgIpc) is 2.47. The monoisotopic (exact) mass is 326 g/mol. The minimum absolute atomic E-state index is 0.174. The molecule has 2 aromatic rings. The zero-order valence-corrected chi connectivity index (χ0v) is 15.2. The van der Waals surface area contributed by atoms with Crippen molar-refractivity contribution in [3.63, 3.8) is 0 Å². The van der Waals surface area contributed by atoms with Gasteiger partial charge in [-0.25, -0.2) is 0 Å². The van der Waals surface area contributed by atoms with Crippen molar-refractivity contribution in [2.24, 2.45) is 5.92 Å². The van der Waals surface area contributed by atoms with E-state index in [4.69, 9.17) is 12.2 Å². The molecule has 0 heterocycles. The summed E-state index contributed by atoms with van der Waals surface area (Å²) < 4.78 is 0. The number of nitrogens with one attached hydrogen (secondary N) is 2. The Morgan fingerprint density at radius 3 is 2.35 bits per heavy atom. The summed E-state index contributed by atoms with van der Waals surface area (Å²) in [5.41, 5.74) is 4.86. The highest BCUT2D eigenvalue weighted by molar-refractivity contribution is 7.80. The van der Waals surface area contributed by atoms with Gasteiger partial charge in [0.25, 0.3) is 0 Å². The number of rotatable bonds is 5. The second-order valence-corrected chi connectivity index (χ2v) is 6.94. The molecule has 0 aliphatic carbocycles.